The van der Waals surface area contributed by atoms with Crippen LogP contribution in [0.15, 0.2) is 24.3 Å². The summed E-state index contributed by atoms with van der Waals surface area (Å²) in [5.74, 6) is 0.706. The number of hydrogen-bond donors (Lipinski definition) is 2. The topological polar surface area (TPSA) is 72.9 Å². The molecule has 1 aromatic carbocycles. The van der Waals surface area contributed by atoms with Crippen molar-refractivity contribution in [1.82, 2.24) is 9.55 Å². The maximum absolute atomic E-state index is 12.3. The Morgan fingerprint density at radius 3 is 2.86 bits per heavy atom. The monoisotopic (exact) mass is 308 g/mol. The van der Waals surface area contributed by atoms with Gasteiger partial charge in [0.2, 0.25) is 11.9 Å². The summed E-state index contributed by atoms with van der Waals surface area (Å²) >= 11 is 0. The zero-order valence-corrected chi connectivity index (χ0v) is 12.9. The number of hydrogen-bond acceptors (Lipinski definition) is 3. The molecule has 1 aliphatic carbocycles. The molecule has 2 unspecified atom stereocenters. The third kappa shape index (κ3) is 3.04. The van der Waals surface area contributed by atoms with Crippen molar-refractivity contribution in [3.63, 3.8) is 0 Å². The number of para-hydroxylation sites is 2. The number of carbonyl (C=O) groups is 1. The largest absolute Gasteiger partial charge is 0.328 e. The smallest absolute Gasteiger partial charge is 0.229 e. The van der Waals surface area contributed by atoms with Crippen LogP contribution in [0.3, 0.4) is 0 Å². The van der Waals surface area contributed by atoms with Gasteiger partial charge in [-0.15, -0.1) is 12.4 Å². The van der Waals surface area contributed by atoms with Crippen molar-refractivity contribution in [3.05, 3.63) is 24.3 Å². The first kappa shape index (κ1) is 15.8. The highest BCUT2D eigenvalue weighted by atomic mass is 35.5. The Labute approximate surface area is 130 Å². The molecule has 1 aliphatic rings. The second-order valence-corrected chi connectivity index (χ2v) is 5.43. The van der Waals surface area contributed by atoms with E-state index in [1.165, 1.54) is 0 Å². The Hall–Kier alpha value is -1.59. The van der Waals surface area contributed by atoms with E-state index in [1.807, 2.05) is 28.8 Å². The number of halogens is 1. The van der Waals surface area contributed by atoms with E-state index in [-0.39, 0.29) is 30.3 Å². The molecule has 1 fully saturated rings. The SMILES string of the molecule is CCn1c(NC(=O)C2CCC(N)C2)nc2ccccc21.Cl. The molecule has 114 valence electrons. The van der Waals surface area contributed by atoms with E-state index in [4.69, 9.17) is 5.73 Å². The van der Waals surface area contributed by atoms with E-state index in [1.54, 1.807) is 0 Å². The van der Waals surface area contributed by atoms with Crippen LogP contribution in [0.25, 0.3) is 11.0 Å². The molecule has 0 spiro atoms. The number of aromatic nitrogens is 2. The van der Waals surface area contributed by atoms with Crippen LogP contribution in [-0.4, -0.2) is 21.5 Å². The maximum atomic E-state index is 12.3. The summed E-state index contributed by atoms with van der Waals surface area (Å²) in [6, 6.07) is 8.08. The van der Waals surface area contributed by atoms with Crippen molar-refractivity contribution >= 4 is 35.3 Å². The van der Waals surface area contributed by atoms with Gasteiger partial charge < -0.3 is 10.3 Å². The number of aryl methyl sites for hydroxylation is 1. The minimum absolute atomic E-state index is 0. The molecule has 1 aromatic heterocycles. The molecule has 0 saturated heterocycles. The van der Waals surface area contributed by atoms with Crippen molar-refractivity contribution in [2.24, 2.45) is 11.7 Å². The minimum Gasteiger partial charge on any atom is -0.328 e. The standard InChI is InChI=1S/C15H20N4O.ClH/c1-2-19-13-6-4-3-5-12(13)17-15(19)18-14(20)10-7-8-11(16)9-10;/h3-6,10-11H,2,7-9,16H2,1H3,(H,17,18,20);1H. The van der Waals surface area contributed by atoms with Crippen LogP contribution >= 0.6 is 12.4 Å². The number of amides is 1. The zero-order valence-electron chi connectivity index (χ0n) is 12.1. The number of nitrogens with two attached hydrogens (primary N) is 1. The Bertz CT molecular complexity index is 640. The van der Waals surface area contributed by atoms with Crippen LogP contribution < -0.4 is 11.1 Å². The highest BCUT2D eigenvalue weighted by Gasteiger charge is 2.28. The van der Waals surface area contributed by atoms with Gasteiger partial charge in [0.25, 0.3) is 0 Å². The number of anilines is 1. The van der Waals surface area contributed by atoms with Crippen LogP contribution in [0.4, 0.5) is 5.95 Å². The number of nitrogens with one attached hydrogen (secondary N) is 1. The van der Waals surface area contributed by atoms with Gasteiger partial charge in [0, 0.05) is 18.5 Å². The normalized spacial score (nSPS) is 21.2. The number of fused-ring (bicyclic) bond motifs is 1. The summed E-state index contributed by atoms with van der Waals surface area (Å²) in [5.41, 5.74) is 7.83. The quantitative estimate of drug-likeness (QED) is 0.915. The van der Waals surface area contributed by atoms with Gasteiger partial charge >= 0.3 is 0 Å². The Morgan fingerprint density at radius 2 is 2.19 bits per heavy atom. The van der Waals surface area contributed by atoms with Gasteiger partial charge in [-0.1, -0.05) is 12.1 Å². The van der Waals surface area contributed by atoms with Gasteiger partial charge in [-0.05, 0) is 38.3 Å². The highest BCUT2D eigenvalue weighted by Crippen LogP contribution is 2.26. The van der Waals surface area contributed by atoms with Crippen molar-refractivity contribution in [1.29, 1.82) is 0 Å². The van der Waals surface area contributed by atoms with Crippen LogP contribution in [0.5, 0.6) is 0 Å². The molecule has 1 amide bonds. The lowest BCUT2D eigenvalue weighted by Crippen LogP contribution is -2.24. The van der Waals surface area contributed by atoms with Crippen molar-refractivity contribution in [2.45, 2.75) is 38.8 Å². The Kier molecular flexibility index (Phi) is 4.85. The number of imidazole rings is 1. The molecule has 21 heavy (non-hydrogen) atoms. The molecular formula is C15H21ClN4O. The summed E-state index contributed by atoms with van der Waals surface area (Å²) in [4.78, 5) is 16.8. The van der Waals surface area contributed by atoms with Crippen molar-refractivity contribution in [3.8, 4) is 0 Å². The molecule has 2 aromatic rings. The predicted octanol–water partition coefficient (Wildman–Crippen LogP) is 2.54. The zero-order chi connectivity index (χ0) is 14.1. The molecule has 5 nitrogen and oxygen atoms in total. The minimum atomic E-state index is 0. The Balaban J connectivity index is 0.00000161. The van der Waals surface area contributed by atoms with E-state index >= 15 is 0 Å². The first-order valence-corrected chi connectivity index (χ1v) is 7.20. The lowest BCUT2D eigenvalue weighted by atomic mass is 10.1. The van der Waals surface area contributed by atoms with Crippen LogP contribution in [0.2, 0.25) is 0 Å². The fraction of sp³-hybridized carbons (Fsp3) is 0.467. The van der Waals surface area contributed by atoms with E-state index < -0.39 is 0 Å². The molecule has 2 atom stereocenters. The summed E-state index contributed by atoms with van der Waals surface area (Å²) in [5, 5.41) is 2.97. The van der Waals surface area contributed by atoms with Gasteiger partial charge in [0.15, 0.2) is 0 Å². The van der Waals surface area contributed by atoms with Gasteiger partial charge in [-0.25, -0.2) is 4.98 Å². The average Bonchev–Trinajstić information content (AvgIpc) is 3.01. The molecule has 3 rings (SSSR count). The highest BCUT2D eigenvalue weighted by molar-refractivity contribution is 5.93. The lowest BCUT2D eigenvalue weighted by Gasteiger charge is -2.11. The van der Waals surface area contributed by atoms with Crippen molar-refractivity contribution < 1.29 is 4.79 Å². The van der Waals surface area contributed by atoms with Crippen LogP contribution in [0.1, 0.15) is 26.2 Å². The number of benzene rings is 1. The second kappa shape index (κ2) is 6.45. The maximum Gasteiger partial charge on any atom is 0.229 e. The van der Waals surface area contributed by atoms with Crippen LogP contribution in [-0.2, 0) is 11.3 Å². The van der Waals surface area contributed by atoms with E-state index in [0.717, 1.165) is 36.8 Å². The third-order valence-corrected chi connectivity index (χ3v) is 4.05. The number of rotatable bonds is 3. The molecule has 0 radical (unpaired) electrons. The van der Waals surface area contributed by atoms with Gasteiger partial charge in [0.05, 0.1) is 11.0 Å². The summed E-state index contributed by atoms with van der Waals surface area (Å²) in [6.07, 6.45) is 2.58. The summed E-state index contributed by atoms with van der Waals surface area (Å²) in [6.45, 7) is 2.83. The number of nitrogens with zero attached hydrogens (tertiary/aromatic N) is 2. The van der Waals surface area contributed by atoms with E-state index in [9.17, 15) is 4.79 Å². The molecule has 1 saturated carbocycles. The summed E-state index contributed by atoms with van der Waals surface area (Å²) < 4.78 is 2.03. The molecule has 6 heteroatoms. The number of carbonyl (C=O) groups excluding carboxylic acids is 1. The second-order valence-electron chi connectivity index (χ2n) is 5.43. The average molecular weight is 309 g/mol. The molecule has 1 heterocycles. The van der Waals surface area contributed by atoms with E-state index in [2.05, 4.69) is 17.2 Å². The van der Waals surface area contributed by atoms with Gasteiger partial charge in [-0.3, -0.25) is 10.1 Å². The molecule has 0 bridgehead atoms. The molecule has 3 N–H and O–H groups in total. The van der Waals surface area contributed by atoms with Crippen molar-refractivity contribution in [2.75, 3.05) is 5.32 Å². The third-order valence-electron chi connectivity index (χ3n) is 4.05. The first-order chi connectivity index (χ1) is 9.69. The predicted molar refractivity (Wildman–Crippen MR) is 86.6 cm³/mol. The fourth-order valence-electron chi connectivity index (χ4n) is 2.96. The van der Waals surface area contributed by atoms with E-state index in [0.29, 0.717) is 5.95 Å². The molecule has 0 aliphatic heterocycles. The first-order valence-electron chi connectivity index (χ1n) is 7.20. The van der Waals surface area contributed by atoms with Crippen LogP contribution in [0, 0.1) is 5.92 Å². The van der Waals surface area contributed by atoms with Gasteiger partial charge in [-0.2, -0.15) is 0 Å². The summed E-state index contributed by atoms with van der Waals surface area (Å²) in [7, 11) is 0. The Morgan fingerprint density at radius 1 is 1.43 bits per heavy atom. The lowest BCUT2D eigenvalue weighted by molar-refractivity contribution is -0.119. The van der Waals surface area contributed by atoms with Gasteiger partial charge in [0.1, 0.15) is 0 Å². The molecular weight excluding hydrogens is 288 g/mol. The fourth-order valence-corrected chi connectivity index (χ4v) is 2.96.